The molecule has 0 aliphatic heterocycles. The van der Waals surface area contributed by atoms with Crippen LogP contribution in [0.2, 0.25) is 0 Å². The van der Waals surface area contributed by atoms with Gasteiger partial charge in [0.15, 0.2) is 11.5 Å². The zero-order chi connectivity index (χ0) is 17.8. The molecule has 1 aromatic carbocycles. The van der Waals surface area contributed by atoms with Gasteiger partial charge in [0.2, 0.25) is 11.6 Å². The molecule has 0 bridgehead atoms. The molecule has 25 heavy (non-hydrogen) atoms. The molecule has 0 saturated carbocycles. The largest absolute Gasteiger partial charge is 0.493 e. The number of aromatic nitrogens is 4. The molecule has 1 N–H and O–H groups in total. The molecule has 3 aromatic rings. The Bertz CT molecular complexity index is 836. The van der Waals surface area contributed by atoms with Crippen molar-refractivity contribution in [3.63, 3.8) is 0 Å². The number of ether oxygens (including phenoxy) is 4. The van der Waals surface area contributed by atoms with Gasteiger partial charge in [0, 0.05) is 23.4 Å². The van der Waals surface area contributed by atoms with E-state index in [-0.39, 0.29) is 0 Å². The Morgan fingerprint density at radius 2 is 1.56 bits per heavy atom. The zero-order valence-corrected chi connectivity index (χ0v) is 14.4. The number of hydrogen-bond acceptors (Lipinski definition) is 7. The topological polar surface area (TPSA) is 91.4 Å². The molecular formula is C17H18N4O4. The molecule has 0 amide bonds. The number of methoxy groups -OCH3 is 4. The minimum absolute atomic E-state index is 0.518. The first-order valence-electron chi connectivity index (χ1n) is 7.43. The summed E-state index contributed by atoms with van der Waals surface area (Å²) in [6.07, 6.45) is 1.69. The molecule has 130 valence electrons. The maximum absolute atomic E-state index is 5.40. The van der Waals surface area contributed by atoms with Gasteiger partial charge in [0.1, 0.15) is 5.69 Å². The fourth-order valence-electron chi connectivity index (χ4n) is 2.50. The van der Waals surface area contributed by atoms with Crippen molar-refractivity contribution in [1.82, 2.24) is 20.4 Å². The molecule has 0 radical (unpaired) electrons. The number of nitrogens with zero attached hydrogens (tertiary/aromatic N) is 3. The molecule has 2 aromatic heterocycles. The van der Waals surface area contributed by atoms with Gasteiger partial charge in [-0.3, -0.25) is 5.10 Å². The summed E-state index contributed by atoms with van der Waals surface area (Å²) in [5.41, 5.74) is 2.97. The molecule has 0 spiro atoms. The van der Waals surface area contributed by atoms with Crippen molar-refractivity contribution in [3.05, 3.63) is 30.5 Å². The lowest BCUT2D eigenvalue weighted by Crippen LogP contribution is -1.96. The third-order valence-electron chi connectivity index (χ3n) is 3.72. The van der Waals surface area contributed by atoms with Crippen LogP contribution in [-0.2, 0) is 0 Å². The van der Waals surface area contributed by atoms with E-state index >= 15 is 0 Å². The van der Waals surface area contributed by atoms with Crippen LogP contribution in [0.3, 0.4) is 0 Å². The molecule has 8 nitrogen and oxygen atoms in total. The second-order valence-corrected chi connectivity index (χ2v) is 5.04. The Hall–Kier alpha value is -3.29. The van der Waals surface area contributed by atoms with Crippen LogP contribution < -0.4 is 18.9 Å². The van der Waals surface area contributed by atoms with E-state index in [0.717, 1.165) is 16.8 Å². The molecule has 0 fully saturated rings. The second-order valence-electron chi connectivity index (χ2n) is 5.04. The highest BCUT2D eigenvalue weighted by molar-refractivity contribution is 5.79. The average molecular weight is 342 g/mol. The Morgan fingerprint density at radius 1 is 0.840 bits per heavy atom. The predicted octanol–water partition coefficient (Wildman–Crippen LogP) is 2.57. The van der Waals surface area contributed by atoms with Crippen LogP contribution in [0.5, 0.6) is 23.1 Å². The molecule has 0 saturated heterocycles. The van der Waals surface area contributed by atoms with E-state index in [0.29, 0.717) is 28.8 Å². The Morgan fingerprint density at radius 3 is 2.08 bits per heavy atom. The summed E-state index contributed by atoms with van der Waals surface area (Å²) in [5, 5.41) is 11.0. The van der Waals surface area contributed by atoms with Gasteiger partial charge in [-0.2, -0.15) is 0 Å². The third kappa shape index (κ3) is 3.06. The van der Waals surface area contributed by atoms with Crippen molar-refractivity contribution in [2.45, 2.75) is 0 Å². The molecular weight excluding hydrogens is 324 g/mol. The van der Waals surface area contributed by atoms with E-state index in [9.17, 15) is 0 Å². The minimum Gasteiger partial charge on any atom is -0.493 e. The highest BCUT2D eigenvalue weighted by atomic mass is 16.5. The van der Waals surface area contributed by atoms with E-state index < -0.39 is 0 Å². The number of hydrogen-bond donors (Lipinski definition) is 1. The lowest BCUT2D eigenvalue weighted by atomic mass is 10.1. The quantitative estimate of drug-likeness (QED) is 0.736. The lowest BCUT2D eigenvalue weighted by Gasteiger charge is -2.13. The van der Waals surface area contributed by atoms with E-state index in [2.05, 4.69) is 20.4 Å². The number of rotatable bonds is 6. The number of benzene rings is 1. The molecule has 8 heteroatoms. The van der Waals surface area contributed by atoms with Crippen LogP contribution >= 0.6 is 0 Å². The normalized spacial score (nSPS) is 10.4. The highest BCUT2D eigenvalue weighted by Gasteiger charge is 2.18. The molecule has 2 heterocycles. The molecule has 3 rings (SSSR count). The summed E-state index contributed by atoms with van der Waals surface area (Å²) >= 11 is 0. The summed E-state index contributed by atoms with van der Waals surface area (Å²) in [4.78, 5) is 4.22. The third-order valence-corrected chi connectivity index (χ3v) is 3.72. The first kappa shape index (κ1) is 16.6. The summed E-state index contributed by atoms with van der Waals surface area (Å²) in [6, 6.07) is 7.29. The van der Waals surface area contributed by atoms with Gasteiger partial charge in [-0.15, -0.1) is 5.10 Å². The maximum Gasteiger partial charge on any atom is 0.212 e. The van der Waals surface area contributed by atoms with Crippen LogP contribution in [0.15, 0.2) is 30.5 Å². The van der Waals surface area contributed by atoms with Gasteiger partial charge >= 0.3 is 0 Å². The van der Waals surface area contributed by atoms with Crippen LogP contribution in [0.4, 0.5) is 0 Å². The van der Waals surface area contributed by atoms with Crippen molar-refractivity contribution in [2.24, 2.45) is 0 Å². The van der Waals surface area contributed by atoms with Gasteiger partial charge in [0.05, 0.1) is 34.1 Å². The van der Waals surface area contributed by atoms with Gasteiger partial charge in [-0.1, -0.05) is 5.21 Å². The van der Waals surface area contributed by atoms with Crippen molar-refractivity contribution in [1.29, 1.82) is 0 Å². The number of H-pyrrole nitrogens is 1. The van der Waals surface area contributed by atoms with Crippen LogP contribution in [-0.4, -0.2) is 48.8 Å². The number of pyridine rings is 1. The monoisotopic (exact) mass is 342 g/mol. The first-order valence-corrected chi connectivity index (χ1v) is 7.43. The van der Waals surface area contributed by atoms with Crippen molar-refractivity contribution < 1.29 is 18.9 Å². The summed E-state index contributed by atoms with van der Waals surface area (Å²) in [5.74, 6) is 2.13. The molecule has 0 atom stereocenters. The Balaban J connectivity index is 2.10. The van der Waals surface area contributed by atoms with Crippen molar-refractivity contribution in [2.75, 3.05) is 28.4 Å². The van der Waals surface area contributed by atoms with E-state index in [1.807, 2.05) is 18.2 Å². The van der Waals surface area contributed by atoms with Crippen molar-refractivity contribution >= 4 is 0 Å². The SMILES string of the molecule is COc1ccc(-c2[nH]nnc2-c2cc(OC)c(OC)c(OC)c2)cn1. The smallest absolute Gasteiger partial charge is 0.212 e. The van der Waals surface area contributed by atoms with Crippen LogP contribution in [0.1, 0.15) is 0 Å². The van der Waals surface area contributed by atoms with Crippen LogP contribution in [0.25, 0.3) is 22.5 Å². The fourth-order valence-corrected chi connectivity index (χ4v) is 2.50. The Kier molecular flexibility index (Phi) is 4.69. The van der Waals surface area contributed by atoms with E-state index in [1.165, 1.54) is 0 Å². The summed E-state index contributed by atoms with van der Waals surface area (Å²) in [7, 11) is 6.27. The van der Waals surface area contributed by atoms with Crippen LogP contribution in [0, 0.1) is 0 Å². The highest BCUT2D eigenvalue weighted by Crippen LogP contribution is 2.42. The summed E-state index contributed by atoms with van der Waals surface area (Å²) in [6.45, 7) is 0. The van der Waals surface area contributed by atoms with Gasteiger partial charge in [0.25, 0.3) is 0 Å². The average Bonchev–Trinajstić information content (AvgIpc) is 3.16. The fraction of sp³-hybridized carbons (Fsp3) is 0.235. The molecule has 0 aliphatic rings. The minimum atomic E-state index is 0.518. The van der Waals surface area contributed by atoms with Gasteiger partial charge in [-0.25, -0.2) is 4.98 Å². The lowest BCUT2D eigenvalue weighted by molar-refractivity contribution is 0.324. The van der Waals surface area contributed by atoms with Crippen molar-refractivity contribution in [3.8, 4) is 45.6 Å². The Labute approximate surface area is 144 Å². The van der Waals surface area contributed by atoms with E-state index in [4.69, 9.17) is 18.9 Å². The first-order chi connectivity index (χ1) is 12.2. The number of aromatic amines is 1. The zero-order valence-electron chi connectivity index (χ0n) is 14.4. The number of nitrogens with one attached hydrogen (secondary N) is 1. The maximum atomic E-state index is 5.40. The predicted molar refractivity (Wildman–Crippen MR) is 91.3 cm³/mol. The van der Waals surface area contributed by atoms with E-state index in [1.54, 1.807) is 40.7 Å². The van der Waals surface area contributed by atoms with Gasteiger partial charge in [-0.05, 0) is 18.2 Å². The van der Waals surface area contributed by atoms with Gasteiger partial charge < -0.3 is 18.9 Å². The summed E-state index contributed by atoms with van der Waals surface area (Å²) < 4.78 is 21.2. The second kappa shape index (κ2) is 7.08. The molecule has 0 aliphatic carbocycles. The standard InChI is InChI=1S/C17H18N4O4/c1-22-12-7-11(8-13(23-2)17(12)25-4)16-15(19-21-20-16)10-5-6-14(24-3)18-9-10/h5-9H,1-4H3,(H,19,20,21). The molecule has 0 unspecified atom stereocenters.